The minimum atomic E-state index is -1.43. The van der Waals surface area contributed by atoms with Crippen LogP contribution in [0.15, 0.2) is 30.3 Å². The van der Waals surface area contributed by atoms with Crippen LogP contribution in [-0.4, -0.2) is 53.9 Å². The van der Waals surface area contributed by atoms with Crippen LogP contribution in [0.2, 0.25) is 0 Å². The first-order valence-electron chi connectivity index (χ1n) is 11.4. The van der Waals surface area contributed by atoms with E-state index in [9.17, 15) is 24.0 Å². The Morgan fingerprint density at radius 1 is 1.15 bits per heavy atom. The summed E-state index contributed by atoms with van der Waals surface area (Å²) >= 11 is 0. The van der Waals surface area contributed by atoms with E-state index in [4.69, 9.17) is 4.74 Å². The quantitative estimate of drug-likeness (QED) is 0.445. The number of benzene rings is 1. The summed E-state index contributed by atoms with van der Waals surface area (Å²) in [6.07, 6.45) is 1.17. The number of rotatable bonds is 5. The Morgan fingerprint density at radius 2 is 1.76 bits per heavy atom. The van der Waals surface area contributed by atoms with Crippen molar-refractivity contribution in [2.24, 2.45) is 11.3 Å². The molecule has 6 amide bonds. The van der Waals surface area contributed by atoms with E-state index in [2.05, 4.69) is 36.7 Å². The molecule has 3 rings (SSSR count). The molecule has 1 aliphatic carbocycles. The second-order valence-corrected chi connectivity index (χ2v) is 9.89. The molecule has 10 nitrogen and oxygen atoms in total. The number of esters is 1. The van der Waals surface area contributed by atoms with Crippen molar-refractivity contribution in [1.29, 1.82) is 0 Å². The molecule has 10 heteroatoms. The summed E-state index contributed by atoms with van der Waals surface area (Å²) in [5.74, 6) is -1.81. The summed E-state index contributed by atoms with van der Waals surface area (Å²) in [6, 6.07) is 6.75. The van der Waals surface area contributed by atoms with Crippen molar-refractivity contribution in [3.05, 3.63) is 35.9 Å². The number of imide groups is 2. The highest BCUT2D eigenvalue weighted by Crippen LogP contribution is 2.43. The van der Waals surface area contributed by atoms with Crippen LogP contribution in [-0.2, 0) is 19.1 Å². The highest BCUT2D eigenvalue weighted by molar-refractivity contribution is 6.09. The van der Waals surface area contributed by atoms with Gasteiger partial charge in [0.15, 0.2) is 0 Å². The third-order valence-corrected chi connectivity index (χ3v) is 6.65. The standard InChI is InChI=1S/C24H32N4O6/c1-23(2,3)16-10-12-24(13-11-16)20(31)28(22(33)27-24)14-17(29)34-18(15-8-6-5-7-9-15)19(30)26-21(32)25-4/h5-9,16,18H,10-14H2,1-4H3,(H,27,33)(H2,25,26,30,32). The first kappa shape index (κ1) is 25.2. The molecule has 0 aromatic heterocycles. The zero-order chi connectivity index (χ0) is 25.1. The molecule has 1 aromatic rings. The van der Waals surface area contributed by atoms with Crippen LogP contribution in [0.25, 0.3) is 0 Å². The molecule has 1 spiro atoms. The van der Waals surface area contributed by atoms with Gasteiger partial charge in [-0.05, 0) is 37.0 Å². The molecule has 1 aliphatic heterocycles. The number of carbonyl (C=O) groups is 5. The summed E-state index contributed by atoms with van der Waals surface area (Å²) in [6.45, 7) is 5.86. The summed E-state index contributed by atoms with van der Waals surface area (Å²) in [5.41, 5.74) is -0.557. The van der Waals surface area contributed by atoms with Crippen molar-refractivity contribution in [2.75, 3.05) is 13.6 Å². The number of hydrogen-bond donors (Lipinski definition) is 3. The Morgan fingerprint density at radius 3 is 2.32 bits per heavy atom. The average Bonchev–Trinajstić information content (AvgIpc) is 3.01. The molecule has 2 aliphatic rings. The molecule has 1 heterocycles. The van der Waals surface area contributed by atoms with Gasteiger partial charge in [0, 0.05) is 12.6 Å². The highest BCUT2D eigenvalue weighted by atomic mass is 16.5. The van der Waals surface area contributed by atoms with Gasteiger partial charge >= 0.3 is 18.0 Å². The SMILES string of the molecule is CNC(=O)NC(=O)C(OC(=O)CN1C(=O)NC2(CCC(C(C)(C)C)CC2)C1=O)c1ccccc1. The average molecular weight is 473 g/mol. The lowest BCUT2D eigenvalue weighted by Gasteiger charge is -2.40. The maximum absolute atomic E-state index is 13.2. The molecule has 1 saturated carbocycles. The zero-order valence-corrected chi connectivity index (χ0v) is 20.0. The molecular formula is C24H32N4O6. The number of nitrogens with zero attached hydrogens (tertiary/aromatic N) is 1. The van der Waals surface area contributed by atoms with Gasteiger partial charge in [-0.2, -0.15) is 0 Å². The number of carbonyl (C=O) groups excluding carboxylic acids is 5. The second kappa shape index (κ2) is 9.82. The number of nitrogens with one attached hydrogen (secondary N) is 3. The van der Waals surface area contributed by atoms with E-state index in [-0.39, 0.29) is 5.41 Å². The van der Waals surface area contributed by atoms with E-state index in [1.54, 1.807) is 30.3 Å². The van der Waals surface area contributed by atoms with Crippen LogP contribution in [0.3, 0.4) is 0 Å². The van der Waals surface area contributed by atoms with Gasteiger partial charge in [0.1, 0.15) is 12.1 Å². The number of hydrogen-bond acceptors (Lipinski definition) is 6. The van der Waals surface area contributed by atoms with Crippen molar-refractivity contribution in [1.82, 2.24) is 20.9 Å². The first-order chi connectivity index (χ1) is 16.0. The predicted octanol–water partition coefficient (Wildman–Crippen LogP) is 2.25. The monoisotopic (exact) mass is 472 g/mol. The zero-order valence-electron chi connectivity index (χ0n) is 20.0. The molecule has 0 radical (unpaired) electrons. The lowest BCUT2D eigenvalue weighted by atomic mass is 9.67. The Labute approximate surface area is 198 Å². The molecule has 0 bridgehead atoms. The van der Waals surface area contributed by atoms with Crippen molar-refractivity contribution >= 4 is 29.8 Å². The van der Waals surface area contributed by atoms with Crippen molar-refractivity contribution in [2.45, 2.75) is 58.1 Å². The summed E-state index contributed by atoms with van der Waals surface area (Å²) < 4.78 is 5.33. The largest absolute Gasteiger partial charge is 0.446 e. The fraction of sp³-hybridized carbons (Fsp3) is 0.542. The third kappa shape index (κ3) is 5.37. The van der Waals surface area contributed by atoms with Crippen molar-refractivity contribution in [3.63, 3.8) is 0 Å². The fourth-order valence-electron chi connectivity index (χ4n) is 4.57. The van der Waals surface area contributed by atoms with E-state index >= 15 is 0 Å². The van der Waals surface area contributed by atoms with Crippen LogP contribution in [0, 0.1) is 11.3 Å². The predicted molar refractivity (Wildman–Crippen MR) is 122 cm³/mol. The molecule has 3 N–H and O–H groups in total. The van der Waals surface area contributed by atoms with Gasteiger partial charge in [0.25, 0.3) is 11.8 Å². The van der Waals surface area contributed by atoms with E-state index in [0.717, 1.165) is 17.7 Å². The number of ether oxygens (including phenoxy) is 1. The first-order valence-corrected chi connectivity index (χ1v) is 11.4. The molecule has 1 unspecified atom stereocenters. The fourth-order valence-corrected chi connectivity index (χ4v) is 4.57. The molecule has 1 saturated heterocycles. The summed E-state index contributed by atoms with van der Waals surface area (Å²) in [4.78, 5) is 63.5. The van der Waals surface area contributed by atoms with Gasteiger partial charge in [-0.1, -0.05) is 51.1 Å². The maximum Gasteiger partial charge on any atom is 0.327 e. The van der Waals surface area contributed by atoms with Crippen LogP contribution in [0.1, 0.15) is 58.1 Å². The van der Waals surface area contributed by atoms with Crippen LogP contribution in [0.4, 0.5) is 9.59 Å². The van der Waals surface area contributed by atoms with Gasteiger partial charge in [0.05, 0.1) is 0 Å². The molecular weight excluding hydrogens is 440 g/mol. The Balaban J connectivity index is 1.69. The van der Waals surface area contributed by atoms with Crippen LogP contribution < -0.4 is 16.0 Å². The normalized spacial score (nSPS) is 23.3. The van der Waals surface area contributed by atoms with E-state index in [1.165, 1.54) is 7.05 Å². The van der Waals surface area contributed by atoms with E-state index in [1.807, 2.05) is 0 Å². The Kier molecular flexibility index (Phi) is 7.28. The lowest BCUT2D eigenvalue weighted by Crippen LogP contribution is -2.50. The van der Waals surface area contributed by atoms with Crippen LogP contribution in [0.5, 0.6) is 0 Å². The Hall–Kier alpha value is -3.43. The van der Waals surface area contributed by atoms with Gasteiger partial charge in [-0.3, -0.25) is 24.6 Å². The maximum atomic E-state index is 13.2. The van der Waals surface area contributed by atoms with Gasteiger partial charge in [-0.25, -0.2) is 9.59 Å². The van der Waals surface area contributed by atoms with Gasteiger partial charge in [-0.15, -0.1) is 0 Å². The minimum absolute atomic E-state index is 0.110. The van der Waals surface area contributed by atoms with E-state index < -0.39 is 48.0 Å². The summed E-state index contributed by atoms with van der Waals surface area (Å²) in [5, 5.41) is 7.12. The van der Waals surface area contributed by atoms with Crippen molar-refractivity contribution in [3.8, 4) is 0 Å². The van der Waals surface area contributed by atoms with Crippen molar-refractivity contribution < 1.29 is 28.7 Å². The topological polar surface area (TPSA) is 134 Å². The number of amides is 6. The summed E-state index contributed by atoms with van der Waals surface area (Å²) in [7, 11) is 1.34. The Bertz CT molecular complexity index is 963. The minimum Gasteiger partial charge on any atom is -0.446 e. The van der Waals surface area contributed by atoms with Gasteiger partial charge in [0.2, 0.25) is 6.10 Å². The molecule has 2 fully saturated rings. The lowest BCUT2D eigenvalue weighted by molar-refractivity contribution is -0.158. The van der Waals surface area contributed by atoms with Crippen LogP contribution >= 0.6 is 0 Å². The molecule has 1 aromatic carbocycles. The smallest absolute Gasteiger partial charge is 0.327 e. The van der Waals surface area contributed by atoms with E-state index in [0.29, 0.717) is 24.3 Å². The number of urea groups is 2. The molecule has 184 valence electrons. The third-order valence-electron chi connectivity index (χ3n) is 6.65. The van der Waals surface area contributed by atoms with Gasteiger partial charge < -0.3 is 15.4 Å². The highest BCUT2D eigenvalue weighted by Gasteiger charge is 2.53. The molecule has 1 atom stereocenters. The molecule has 34 heavy (non-hydrogen) atoms. The second-order valence-electron chi connectivity index (χ2n) is 9.89.